The summed E-state index contributed by atoms with van der Waals surface area (Å²) in [5, 5.41) is 3.72. The molecule has 0 saturated carbocycles. The average molecular weight is 432 g/mol. The van der Waals surface area contributed by atoms with Crippen molar-refractivity contribution in [1.82, 2.24) is 9.71 Å². The van der Waals surface area contributed by atoms with E-state index in [1.807, 2.05) is 36.4 Å². The molecule has 0 bridgehead atoms. The van der Waals surface area contributed by atoms with Gasteiger partial charge in [-0.05, 0) is 60.5 Å². The van der Waals surface area contributed by atoms with Crippen LogP contribution < -0.4 is 14.8 Å². The minimum atomic E-state index is -3.54. The molecule has 3 aromatic rings. The van der Waals surface area contributed by atoms with Crippen molar-refractivity contribution in [2.45, 2.75) is 11.3 Å². The summed E-state index contributed by atoms with van der Waals surface area (Å²) in [4.78, 5) is 4.24. The minimum absolute atomic E-state index is 0.200. The molecule has 1 heterocycles. The topological polar surface area (TPSA) is 80.3 Å². The first-order valence-corrected chi connectivity index (χ1v) is 11.0. The van der Waals surface area contributed by atoms with Gasteiger partial charge in [0.25, 0.3) is 0 Å². The highest BCUT2D eigenvalue weighted by molar-refractivity contribution is 7.89. The van der Waals surface area contributed by atoms with Crippen molar-refractivity contribution in [3.63, 3.8) is 0 Å². The zero-order valence-corrected chi connectivity index (χ0v) is 17.3. The third-order valence-corrected chi connectivity index (χ3v) is 5.84. The molecule has 29 heavy (non-hydrogen) atoms. The number of nitrogens with one attached hydrogen (secondary N) is 2. The molecule has 2 N–H and O–H groups in total. The van der Waals surface area contributed by atoms with E-state index >= 15 is 0 Å². The van der Waals surface area contributed by atoms with Gasteiger partial charge in [-0.3, -0.25) is 4.98 Å². The van der Waals surface area contributed by atoms with Gasteiger partial charge in [0, 0.05) is 30.5 Å². The van der Waals surface area contributed by atoms with Crippen molar-refractivity contribution >= 4 is 27.3 Å². The van der Waals surface area contributed by atoms with Gasteiger partial charge in [0.05, 0.1) is 10.6 Å². The van der Waals surface area contributed by atoms with E-state index in [1.54, 1.807) is 24.5 Å². The molecule has 152 valence electrons. The fourth-order valence-electron chi connectivity index (χ4n) is 2.61. The van der Waals surface area contributed by atoms with E-state index in [0.717, 1.165) is 17.0 Å². The van der Waals surface area contributed by atoms with Gasteiger partial charge >= 0.3 is 0 Å². The first-order valence-electron chi connectivity index (χ1n) is 9.14. The lowest BCUT2D eigenvalue weighted by Gasteiger charge is -2.10. The Labute approximate surface area is 176 Å². The Hall–Kier alpha value is -2.61. The summed E-state index contributed by atoms with van der Waals surface area (Å²) < 4.78 is 32.8. The van der Waals surface area contributed by atoms with E-state index in [-0.39, 0.29) is 4.90 Å². The Morgan fingerprint density at radius 1 is 0.966 bits per heavy atom. The maximum Gasteiger partial charge on any atom is 0.240 e. The van der Waals surface area contributed by atoms with Crippen LogP contribution in [0.5, 0.6) is 5.75 Å². The third kappa shape index (κ3) is 6.74. The van der Waals surface area contributed by atoms with E-state index in [4.69, 9.17) is 16.3 Å². The van der Waals surface area contributed by atoms with E-state index in [9.17, 15) is 8.42 Å². The van der Waals surface area contributed by atoms with Crippen LogP contribution in [0.15, 0.2) is 78.0 Å². The van der Waals surface area contributed by atoms with Crippen LogP contribution >= 0.6 is 11.6 Å². The summed E-state index contributed by atoms with van der Waals surface area (Å²) in [5.41, 5.74) is 1.97. The smallest absolute Gasteiger partial charge is 0.240 e. The van der Waals surface area contributed by atoms with Gasteiger partial charge in [-0.1, -0.05) is 23.7 Å². The van der Waals surface area contributed by atoms with Crippen molar-refractivity contribution in [1.29, 1.82) is 0 Å². The lowest BCUT2D eigenvalue weighted by atomic mass is 10.1. The Balaban J connectivity index is 1.40. The highest BCUT2D eigenvalue weighted by atomic mass is 35.5. The van der Waals surface area contributed by atoms with Crippen molar-refractivity contribution < 1.29 is 13.2 Å². The summed E-state index contributed by atoms with van der Waals surface area (Å²) in [6, 6.07) is 17.5. The molecule has 0 spiro atoms. The van der Waals surface area contributed by atoms with Crippen LogP contribution in [-0.2, 0) is 16.4 Å². The molecule has 0 unspecified atom stereocenters. The van der Waals surface area contributed by atoms with E-state index in [2.05, 4.69) is 15.0 Å². The van der Waals surface area contributed by atoms with Gasteiger partial charge < -0.3 is 10.1 Å². The van der Waals surface area contributed by atoms with Crippen LogP contribution in [0.3, 0.4) is 0 Å². The standard InChI is InChI=1S/C21H22ClN3O3S/c22-18-5-9-21(10-6-18)29(26,27)25-13-11-17-3-7-20(8-4-17)28-15-14-24-19-2-1-12-23-16-19/h1-10,12,16,24-25H,11,13-15H2. The maximum atomic E-state index is 12.3. The molecule has 6 nitrogen and oxygen atoms in total. The summed E-state index contributed by atoms with van der Waals surface area (Å²) >= 11 is 5.80. The second-order valence-corrected chi connectivity index (χ2v) is 8.47. The molecule has 8 heteroatoms. The number of hydrogen-bond acceptors (Lipinski definition) is 5. The molecular weight excluding hydrogens is 410 g/mol. The molecule has 0 radical (unpaired) electrons. The SMILES string of the molecule is O=S(=O)(NCCc1ccc(OCCNc2cccnc2)cc1)c1ccc(Cl)cc1. The van der Waals surface area contributed by atoms with Crippen molar-refractivity contribution in [2.75, 3.05) is 25.0 Å². The molecular formula is C21H22ClN3O3S. The molecule has 0 aliphatic heterocycles. The van der Waals surface area contributed by atoms with E-state index in [1.165, 1.54) is 12.1 Å². The molecule has 2 aromatic carbocycles. The summed E-state index contributed by atoms with van der Waals surface area (Å²) in [5.74, 6) is 0.767. The lowest BCUT2D eigenvalue weighted by Crippen LogP contribution is -2.25. The minimum Gasteiger partial charge on any atom is -0.492 e. The van der Waals surface area contributed by atoms with Gasteiger partial charge in [-0.2, -0.15) is 0 Å². The second-order valence-electron chi connectivity index (χ2n) is 6.26. The van der Waals surface area contributed by atoms with Gasteiger partial charge in [-0.15, -0.1) is 0 Å². The molecule has 0 aliphatic rings. The van der Waals surface area contributed by atoms with Gasteiger partial charge in [0.1, 0.15) is 12.4 Å². The molecule has 0 amide bonds. The van der Waals surface area contributed by atoms with Crippen molar-refractivity contribution in [3.8, 4) is 5.75 Å². The number of hydrogen-bond donors (Lipinski definition) is 2. The monoisotopic (exact) mass is 431 g/mol. The van der Waals surface area contributed by atoms with Crippen molar-refractivity contribution in [3.05, 3.63) is 83.6 Å². The predicted molar refractivity (Wildman–Crippen MR) is 115 cm³/mol. The molecule has 0 aliphatic carbocycles. The largest absolute Gasteiger partial charge is 0.492 e. The van der Waals surface area contributed by atoms with Crippen LogP contribution in [0.4, 0.5) is 5.69 Å². The van der Waals surface area contributed by atoms with Gasteiger partial charge in [0.2, 0.25) is 10.0 Å². The number of nitrogens with zero attached hydrogens (tertiary/aromatic N) is 1. The number of sulfonamides is 1. The van der Waals surface area contributed by atoms with Crippen molar-refractivity contribution in [2.24, 2.45) is 0 Å². The Morgan fingerprint density at radius 3 is 2.41 bits per heavy atom. The summed E-state index contributed by atoms with van der Waals surface area (Å²) in [6.45, 7) is 1.50. The first-order chi connectivity index (χ1) is 14.0. The summed E-state index contributed by atoms with van der Waals surface area (Å²) in [6.07, 6.45) is 4.07. The number of aromatic nitrogens is 1. The second kappa shape index (κ2) is 10.2. The Morgan fingerprint density at radius 2 is 1.72 bits per heavy atom. The van der Waals surface area contributed by atoms with E-state index in [0.29, 0.717) is 31.1 Å². The van der Waals surface area contributed by atoms with Crippen LogP contribution in [0.2, 0.25) is 5.02 Å². The Kier molecular flexibility index (Phi) is 7.46. The third-order valence-electron chi connectivity index (χ3n) is 4.11. The quantitative estimate of drug-likeness (QED) is 0.478. The number of pyridine rings is 1. The number of halogens is 1. The lowest BCUT2D eigenvalue weighted by molar-refractivity contribution is 0.333. The van der Waals surface area contributed by atoms with Crippen LogP contribution in [0.1, 0.15) is 5.56 Å². The number of ether oxygens (including phenoxy) is 1. The van der Waals surface area contributed by atoms with E-state index < -0.39 is 10.0 Å². The van der Waals surface area contributed by atoms with Crippen LogP contribution in [0, 0.1) is 0 Å². The van der Waals surface area contributed by atoms with Gasteiger partial charge in [-0.25, -0.2) is 13.1 Å². The first kappa shape index (κ1) is 21.1. The average Bonchev–Trinajstić information content (AvgIpc) is 2.73. The molecule has 0 saturated heterocycles. The number of rotatable bonds is 10. The molecule has 3 rings (SSSR count). The molecule has 0 fully saturated rings. The zero-order valence-electron chi connectivity index (χ0n) is 15.7. The Bertz CT molecular complexity index is 996. The van der Waals surface area contributed by atoms with Crippen LogP contribution in [-0.4, -0.2) is 33.1 Å². The normalized spacial score (nSPS) is 11.2. The molecule has 0 atom stereocenters. The maximum absolute atomic E-state index is 12.3. The highest BCUT2D eigenvalue weighted by Gasteiger charge is 2.12. The molecule has 1 aromatic heterocycles. The summed E-state index contributed by atoms with van der Waals surface area (Å²) in [7, 11) is -3.54. The highest BCUT2D eigenvalue weighted by Crippen LogP contribution is 2.15. The number of benzene rings is 2. The fourth-order valence-corrected chi connectivity index (χ4v) is 3.77. The zero-order chi connectivity index (χ0) is 20.5. The van der Waals surface area contributed by atoms with Crippen LogP contribution in [0.25, 0.3) is 0 Å². The number of anilines is 1. The predicted octanol–water partition coefficient (Wildman–Crippen LogP) is 3.75. The van der Waals surface area contributed by atoms with Gasteiger partial charge in [0.15, 0.2) is 0 Å². The fraction of sp³-hybridized carbons (Fsp3) is 0.190.